The van der Waals surface area contributed by atoms with E-state index < -0.39 is 34.1 Å². The van der Waals surface area contributed by atoms with Crippen molar-refractivity contribution in [2.45, 2.75) is 0 Å². The van der Waals surface area contributed by atoms with E-state index in [1.165, 1.54) is 0 Å². The van der Waals surface area contributed by atoms with Crippen LogP contribution in [0.4, 0.5) is 13.2 Å². The Morgan fingerprint density at radius 2 is 0.778 bits per heavy atom. The molecule has 0 heterocycles. The Hall–Kier alpha value is -1.44. The van der Waals surface area contributed by atoms with Gasteiger partial charge in [-0.3, -0.25) is 0 Å². The first kappa shape index (κ1) is 14.6. The van der Waals surface area contributed by atoms with Gasteiger partial charge < -0.3 is 0 Å². The van der Waals surface area contributed by atoms with Gasteiger partial charge in [-0.15, -0.1) is 0 Å². The average Bonchev–Trinajstić information content (AvgIpc) is 2.35. The van der Waals surface area contributed by atoms with E-state index in [2.05, 4.69) is 0 Å². The Kier molecular flexibility index (Phi) is 5.26. The lowest BCUT2D eigenvalue weighted by molar-refractivity contribution is 0.531. The van der Waals surface area contributed by atoms with Crippen LogP contribution in [0, 0.1) is 51.4 Å². The molecule has 0 N–H and O–H groups in total. The first-order valence-corrected chi connectivity index (χ1v) is 5.27. The molecule has 1 aromatic carbocycles. The lowest BCUT2D eigenvalue weighted by Gasteiger charge is -2.05. The van der Waals surface area contributed by atoms with Crippen molar-refractivity contribution >= 4 is 34.8 Å². The predicted octanol–water partition coefficient (Wildman–Crippen LogP) is 3.75. The topological polar surface area (TPSA) is 0 Å². The second kappa shape index (κ2) is 6.48. The second-order valence-corrected chi connectivity index (χ2v) is 3.29. The molecular weight excluding hydrogens is 307 g/mol. The van der Waals surface area contributed by atoms with E-state index in [0.717, 1.165) is 0 Å². The standard InChI is InChI=1S/C12Cl3F3/c13-4-1-7-10(16)8(2-5-14)12(18)9(3-6-15)11(7)17. The SMILES string of the molecule is Fc1c(C#CCl)c(F)c(C#CCl)c(F)c1C#CCl. The molecule has 0 amide bonds. The van der Waals surface area contributed by atoms with Crippen LogP contribution in [-0.4, -0.2) is 0 Å². The number of hydrogen-bond donors (Lipinski definition) is 0. The number of halogens is 6. The average molecular weight is 307 g/mol. The minimum atomic E-state index is -1.30. The van der Waals surface area contributed by atoms with E-state index in [4.69, 9.17) is 34.8 Å². The molecule has 6 heteroatoms. The maximum Gasteiger partial charge on any atom is 0.160 e. The highest BCUT2D eigenvalue weighted by atomic mass is 35.5. The van der Waals surface area contributed by atoms with Crippen molar-refractivity contribution in [3.63, 3.8) is 0 Å². The molecule has 1 aromatic rings. The molecule has 0 aromatic heterocycles. The van der Waals surface area contributed by atoms with Gasteiger partial charge in [0.1, 0.15) is 16.7 Å². The van der Waals surface area contributed by atoms with Crippen molar-refractivity contribution in [1.82, 2.24) is 0 Å². The van der Waals surface area contributed by atoms with E-state index in [1.54, 1.807) is 16.1 Å². The summed E-state index contributed by atoms with van der Waals surface area (Å²) in [5.74, 6) is 1.94. The monoisotopic (exact) mass is 306 g/mol. The van der Waals surface area contributed by atoms with Crippen LogP contribution >= 0.6 is 34.8 Å². The minimum absolute atomic E-state index is 0.754. The maximum absolute atomic E-state index is 13.7. The highest BCUT2D eigenvalue weighted by Gasteiger charge is 2.22. The van der Waals surface area contributed by atoms with Gasteiger partial charge in [-0.25, -0.2) is 13.2 Å². The van der Waals surface area contributed by atoms with Crippen LogP contribution in [0.5, 0.6) is 0 Å². The van der Waals surface area contributed by atoms with Crippen molar-refractivity contribution < 1.29 is 13.2 Å². The zero-order valence-electron chi connectivity index (χ0n) is 8.27. The molecule has 0 spiro atoms. The molecule has 0 saturated heterocycles. The number of benzene rings is 1. The van der Waals surface area contributed by atoms with Crippen LogP contribution in [0.25, 0.3) is 0 Å². The molecule has 0 radical (unpaired) electrons. The summed E-state index contributed by atoms with van der Waals surface area (Å²) in [7, 11) is 0. The molecule has 0 atom stereocenters. The summed E-state index contributed by atoms with van der Waals surface area (Å²) in [5, 5.41) is 5.34. The van der Waals surface area contributed by atoms with Crippen LogP contribution < -0.4 is 0 Å². The van der Waals surface area contributed by atoms with Gasteiger partial charge in [0.15, 0.2) is 17.5 Å². The van der Waals surface area contributed by atoms with Gasteiger partial charge >= 0.3 is 0 Å². The molecule has 0 nitrogen and oxygen atoms in total. The van der Waals surface area contributed by atoms with Crippen LogP contribution in [-0.2, 0) is 0 Å². The summed E-state index contributed by atoms with van der Waals surface area (Å²) in [6.07, 6.45) is 0. The molecule has 0 unspecified atom stereocenters. The van der Waals surface area contributed by atoms with E-state index in [0.29, 0.717) is 0 Å². The number of rotatable bonds is 0. The molecule has 0 saturated carbocycles. The molecule has 90 valence electrons. The summed E-state index contributed by atoms with van der Waals surface area (Å²) in [4.78, 5) is 0. The molecule has 0 bridgehead atoms. The molecule has 0 fully saturated rings. The molecule has 0 aliphatic carbocycles. The zero-order valence-corrected chi connectivity index (χ0v) is 10.5. The Labute approximate surface area is 116 Å². The second-order valence-electron chi connectivity index (χ2n) is 2.73. The Morgan fingerprint density at radius 3 is 0.944 bits per heavy atom. The lowest BCUT2D eigenvalue weighted by Crippen LogP contribution is -2.04. The van der Waals surface area contributed by atoms with Crippen LogP contribution in [0.1, 0.15) is 16.7 Å². The summed E-state index contributed by atoms with van der Waals surface area (Å²) in [6.45, 7) is 0. The van der Waals surface area contributed by atoms with Gasteiger partial charge in [0.05, 0.1) is 0 Å². The first-order valence-electron chi connectivity index (χ1n) is 4.13. The molecular formula is C12Cl3F3. The van der Waals surface area contributed by atoms with Crippen LogP contribution in [0.3, 0.4) is 0 Å². The largest absolute Gasteiger partial charge is 0.204 e. The minimum Gasteiger partial charge on any atom is -0.204 e. The molecule has 0 aliphatic rings. The third-order valence-corrected chi connectivity index (χ3v) is 2.12. The van der Waals surface area contributed by atoms with E-state index in [1.807, 2.05) is 17.8 Å². The van der Waals surface area contributed by atoms with E-state index >= 15 is 0 Å². The fourth-order valence-electron chi connectivity index (χ4n) is 1.14. The fraction of sp³-hybridized carbons (Fsp3) is 0. The molecule has 18 heavy (non-hydrogen) atoms. The van der Waals surface area contributed by atoms with Crippen molar-refractivity contribution in [2.24, 2.45) is 0 Å². The van der Waals surface area contributed by atoms with E-state index in [9.17, 15) is 13.2 Å². The highest BCUT2D eigenvalue weighted by molar-refractivity contribution is 6.31. The van der Waals surface area contributed by atoms with Gasteiger partial charge in [0.25, 0.3) is 0 Å². The summed E-state index contributed by atoms with van der Waals surface area (Å²) < 4.78 is 41.1. The van der Waals surface area contributed by atoms with Crippen molar-refractivity contribution in [3.8, 4) is 33.9 Å². The predicted molar refractivity (Wildman–Crippen MR) is 64.5 cm³/mol. The van der Waals surface area contributed by atoms with Crippen LogP contribution in [0.15, 0.2) is 0 Å². The first-order chi connectivity index (χ1) is 8.58. The van der Waals surface area contributed by atoms with Crippen molar-refractivity contribution in [1.29, 1.82) is 0 Å². The molecule has 1 rings (SSSR count). The third kappa shape index (κ3) is 2.69. The van der Waals surface area contributed by atoms with E-state index in [-0.39, 0.29) is 0 Å². The van der Waals surface area contributed by atoms with Crippen molar-refractivity contribution in [2.75, 3.05) is 0 Å². The normalized spacial score (nSPS) is 8.33. The lowest BCUT2D eigenvalue weighted by atomic mass is 10.0. The Morgan fingerprint density at radius 1 is 0.556 bits per heavy atom. The summed E-state index contributed by atoms with van der Waals surface area (Å²) in [6, 6.07) is 0. The smallest absolute Gasteiger partial charge is 0.160 e. The molecule has 0 aliphatic heterocycles. The zero-order chi connectivity index (χ0) is 13.7. The van der Waals surface area contributed by atoms with Gasteiger partial charge in [0.2, 0.25) is 0 Å². The van der Waals surface area contributed by atoms with Crippen LogP contribution in [0.2, 0.25) is 0 Å². The summed E-state index contributed by atoms with van der Waals surface area (Å²) in [5.41, 5.74) is -2.26. The Bertz CT molecular complexity index is 560. The highest BCUT2D eigenvalue weighted by Crippen LogP contribution is 2.24. The number of hydrogen-bond acceptors (Lipinski definition) is 0. The van der Waals surface area contributed by atoms with Gasteiger partial charge in [-0.1, -0.05) is 0 Å². The van der Waals surface area contributed by atoms with Crippen molar-refractivity contribution in [3.05, 3.63) is 34.1 Å². The fourth-order valence-corrected chi connectivity index (χ4v) is 1.42. The van der Waals surface area contributed by atoms with Gasteiger partial charge in [-0.05, 0) is 52.6 Å². The third-order valence-electron chi connectivity index (χ3n) is 1.83. The quantitative estimate of drug-likeness (QED) is 0.640. The van der Waals surface area contributed by atoms with Gasteiger partial charge in [0, 0.05) is 16.1 Å². The van der Waals surface area contributed by atoms with Gasteiger partial charge in [-0.2, -0.15) is 0 Å². The summed E-state index contributed by atoms with van der Waals surface area (Å²) >= 11 is 15.2. The Balaban J connectivity index is 3.87. The maximum atomic E-state index is 13.7.